The monoisotopic (exact) mass is 568 g/mol. The predicted molar refractivity (Wildman–Crippen MR) is 167 cm³/mol. The van der Waals surface area contributed by atoms with Crippen LogP contribution in [0.5, 0.6) is 0 Å². The molecule has 41 heavy (non-hydrogen) atoms. The normalized spacial score (nSPS) is 19.8. The van der Waals surface area contributed by atoms with Crippen molar-refractivity contribution in [1.82, 2.24) is 15.5 Å². The molecule has 0 spiro atoms. The third kappa shape index (κ3) is 7.35. The number of furan rings is 1. The zero-order chi connectivity index (χ0) is 29.5. The Hall–Kier alpha value is -2.36. The molecule has 3 atom stereocenters. The Morgan fingerprint density at radius 1 is 1.17 bits per heavy atom. The summed E-state index contributed by atoms with van der Waals surface area (Å²) < 4.78 is 11.9. The Morgan fingerprint density at radius 3 is 2.59 bits per heavy atom. The fourth-order valence-electron chi connectivity index (χ4n) is 6.53. The van der Waals surface area contributed by atoms with E-state index in [-0.39, 0.29) is 6.04 Å². The number of dihydropyridines is 1. The number of anilines is 1. The van der Waals surface area contributed by atoms with E-state index < -0.39 is 12.5 Å². The summed E-state index contributed by atoms with van der Waals surface area (Å²) in [4.78, 5) is 4.87. The number of likely N-dealkylation sites (tertiary alicyclic amines) is 1. The molecular formula is C33H52N4O4. The number of fused-ring (bicyclic) bond motifs is 1. The summed E-state index contributed by atoms with van der Waals surface area (Å²) in [6.07, 6.45) is 6.64. The first-order valence-corrected chi connectivity index (χ1v) is 15.6. The lowest BCUT2D eigenvalue weighted by Gasteiger charge is -2.33. The largest absolute Gasteiger partial charge is 0.460 e. The molecule has 0 saturated carbocycles. The number of allylic oxidation sites excluding steroid dienone is 3. The van der Waals surface area contributed by atoms with E-state index in [2.05, 4.69) is 66.3 Å². The van der Waals surface area contributed by atoms with Crippen molar-refractivity contribution in [2.24, 2.45) is 0 Å². The minimum Gasteiger partial charge on any atom is -0.460 e. The second-order valence-electron chi connectivity index (χ2n) is 11.6. The Labute approximate surface area is 246 Å². The molecule has 1 aromatic carbocycles. The number of nitrogens with zero attached hydrogens (tertiary/aromatic N) is 2. The van der Waals surface area contributed by atoms with Gasteiger partial charge >= 0.3 is 0 Å². The van der Waals surface area contributed by atoms with Crippen LogP contribution in [0.4, 0.5) is 5.69 Å². The van der Waals surface area contributed by atoms with Crippen LogP contribution in [0.25, 0.3) is 11.0 Å². The highest BCUT2D eigenvalue weighted by atomic mass is 16.5. The highest BCUT2D eigenvalue weighted by molar-refractivity contribution is 5.88. The molecule has 3 heterocycles. The maximum atomic E-state index is 11.8. The quantitative estimate of drug-likeness (QED) is 0.227. The maximum Gasteiger partial charge on any atom is 0.148 e. The van der Waals surface area contributed by atoms with Gasteiger partial charge in [-0.2, -0.15) is 0 Å². The summed E-state index contributed by atoms with van der Waals surface area (Å²) in [7, 11) is 1.74. The van der Waals surface area contributed by atoms with Crippen LogP contribution < -0.4 is 15.5 Å². The average Bonchev–Trinajstić information content (AvgIpc) is 3.36. The summed E-state index contributed by atoms with van der Waals surface area (Å²) in [6, 6.07) is 4.58. The number of aliphatic hydroxyl groups excluding tert-OH is 2. The summed E-state index contributed by atoms with van der Waals surface area (Å²) in [5, 5.41) is 30.0. The number of aliphatic hydroxyl groups is 2. The first kappa shape index (κ1) is 31.6. The topological polar surface area (TPSA) is 93.4 Å². The van der Waals surface area contributed by atoms with E-state index in [4.69, 9.17) is 9.15 Å². The third-order valence-corrected chi connectivity index (χ3v) is 8.75. The van der Waals surface area contributed by atoms with Crippen LogP contribution in [0.1, 0.15) is 89.8 Å². The van der Waals surface area contributed by atoms with Crippen LogP contribution in [0.2, 0.25) is 0 Å². The highest BCUT2D eigenvalue weighted by Gasteiger charge is 2.27. The Morgan fingerprint density at radius 2 is 1.93 bits per heavy atom. The van der Waals surface area contributed by atoms with Crippen LogP contribution in [0.15, 0.2) is 39.5 Å². The number of ether oxygens (including phenoxy) is 1. The fourth-order valence-corrected chi connectivity index (χ4v) is 6.53. The second-order valence-corrected chi connectivity index (χ2v) is 11.6. The van der Waals surface area contributed by atoms with Gasteiger partial charge in [-0.25, -0.2) is 0 Å². The van der Waals surface area contributed by atoms with E-state index >= 15 is 0 Å². The van der Waals surface area contributed by atoms with Crippen LogP contribution in [0, 0.1) is 0 Å². The van der Waals surface area contributed by atoms with Crippen molar-refractivity contribution in [3.63, 3.8) is 0 Å². The Balaban J connectivity index is 1.75. The summed E-state index contributed by atoms with van der Waals surface area (Å²) >= 11 is 0. The van der Waals surface area contributed by atoms with Crippen LogP contribution in [-0.4, -0.2) is 67.3 Å². The molecule has 2 aromatic rings. The minimum atomic E-state index is -0.925. The molecular weight excluding hydrogens is 516 g/mol. The third-order valence-electron chi connectivity index (χ3n) is 8.75. The maximum absolute atomic E-state index is 11.8. The van der Waals surface area contributed by atoms with E-state index in [0.29, 0.717) is 13.2 Å². The molecule has 2 aliphatic heterocycles. The number of rotatable bonds is 14. The number of benzene rings is 1. The summed E-state index contributed by atoms with van der Waals surface area (Å²) in [6.45, 7) is 15.5. The Kier molecular flexibility index (Phi) is 11.3. The molecule has 1 aromatic heterocycles. The minimum absolute atomic E-state index is 0.263. The van der Waals surface area contributed by atoms with Gasteiger partial charge in [-0.3, -0.25) is 10.2 Å². The molecule has 0 amide bonds. The molecule has 0 aliphatic carbocycles. The molecule has 2 aliphatic rings. The molecule has 8 nitrogen and oxygen atoms in total. The number of methoxy groups -OCH3 is 1. The molecule has 2 unspecified atom stereocenters. The lowest BCUT2D eigenvalue weighted by atomic mass is 9.95. The Bertz CT molecular complexity index is 1210. The standard InChI is InChI=1S/C33H52N4O4/c1-7-24-17-22(4)35-32(38)28(24)20-34-33(39)31-26(8-2)29(37(9-3)23(5)13-16-40-6)19-30-27(31)18-25(41-30)21-36-14-11-10-12-15-36/h17-19,23,32-35,38-39H,7-16,20-21H2,1-6H3/t23?,32-,33?/m0/s1. The summed E-state index contributed by atoms with van der Waals surface area (Å²) in [5.41, 5.74) is 6.81. The molecule has 0 radical (unpaired) electrons. The van der Waals surface area contributed by atoms with Gasteiger partial charge in [-0.05, 0) is 94.8 Å². The highest BCUT2D eigenvalue weighted by Crippen LogP contribution is 2.38. The smallest absolute Gasteiger partial charge is 0.148 e. The van der Waals surface area contributed by atoms with Gasteiger partial charge in [0.2, 0.25) is 0 Å². The van der Waals surface area contributed by atoms with Crippen molar-refractivity contribution in [3.05, 3.63) is 51.9 Å². The molecule has 228 valence electrons. The average molecular weight is 569 g/mol. The fraction of sp³-hybridized carbons (Fsp3) is 0.636. The van der Waals surface area contributed by atoms with Gasteiger partial charge in [0, 0.05) is 61.2 Å². The zero-order valence-electron chi connectivity index (χ0n) is 26.1. The second kappa shape index (κ2) is 14.7. The van der Waals surface area contributed by atoms with E-state index in [9.17, 15) is 10.2 Å². The van der Waals surface area contributed by atoms with Gasteiger partial charge in [0.1, 0.15) is 23.8 Å². The van der Waals surface area contributed by atoms with Crippen molar-refractivity contribution in [3.8, 4) is 0 Å². The first-order valence-electron chi connectivity index (χ1n) is 15.6. The van der Waals surface area contributed by atoms with E-state index in [1.165, 1.54) is 19.3 Å². The van der Waals surface area contributed by atoms with Crippen molar-refractivity contribution in [1.29, 1.82) is 0 Å². The number of hydrogen-bond donors (Lipinski definition) is 4. The van der Waals surface area contributed by atoms with E-state index in [1.54, 1.807) is 7.11 Å². The van der Waals surface area contributed by atoms with Crippen molar-refractivity contribution in [2.75, 3.05) is 44.8 Å². The predicted octanol–water partition coefficient (Wildman–Crippen LogP) is 5.34. The molecule has 8 heteroatoms. The SMILES string of the molecule is CCC1=C(CNC(O)c2c(CC)c(N(CC)C(C)CCOC)cc3oc(CN4CCCCC4)cc23)[C@H](O)NC(C)=C1. The van der Waals surface area contributed by atoms with E-state index in [1.807, 2.05) is 6.92 Å². The van der Waals surface area contributed by atoms with Crippen LogP contribution >= 0.6 is 0 Å². The number of nitrogens with one attached hydrogen (secondary N) is 2. The van der Waals surface area contributed by atoms with Crippen LogP contribution in [0.3, 0.4) is 0 Å². The lowest BCUT2D eigenvalue weighted by Crippen LogP contribution is -2.38. The van der Waals surface area contributed by atoms with Gasteiger partial charge < -0.3 is 29.6 Å². The first-order chi connectivity index (χ1) is 19.8. The van der Waals surface area contributed by atoms with Crippen LogP contribution in [-0.2, 0) is 17.7 Å². The van der Waals surface area contributed by atoms with Gasteiger partial charge in [0.25, 0.3) is 0 Å². The lowest BCUT2D eigenvalue weighted by molar-refractivity contribution is 0.134. The molecule has 1 fully saturated rings. The van der Waals surface area contributed by atoms with Crippen molar-refractivity contribution < 1.29 is 19.4 Å². The van der Waals surface area contributed by atoms with Crippen molar-refractivity contribution >= 4 is 16.7 Å². The molecule has 0 bridgehead atoms. The molecule has 4 rings (SSSR count). The van der Waals surface area contributed by atoms with Gasteiger partial charge in [-0.15, -0.1) is 0 Å². The summed E-state index contributed by atoms with van der Waals surface area (Å²) in [5.74, 6) is 0.938. The van der Waals surface area contributed by atoms with Gasteiger partial charge in [0.05, 0.1) is 6.54 Å². The van der Waals surface area contributed by atoms with E-state index in [0.717, 1.165) is 95.8 Å². The van der Waals surface area contributed by atoms with Gasteiger partial charge in [-0.1, -0.05) is 20.3 Å². The van der Waals surface area contributed by atoms with Gasteiger partial charge in [0.15, 0.2) is 0 Å². The molecule has 1 saturated heterocycles. The number of hydrogen-bond acceptors (Lipinski definition) is 8. The van der Waals surface area contributed by atoms with Crippen molar-refractivity contribution in [2.45, 2.75) is 98.2 Å². The number of piperidine rings is 1. The zero-order valence-corrected chi connectivity index (χ0v) is 26.1. The molecule has 4 N–H and O–H groups in total.